The fourth-order valence-electron chi connectivity index (χ4n) is 3.11. The van der Waals surface area contributed by atoms with E-state index < -0.39 is 42.5 Å². The van der Waals surface area contributed by atoms with E-state index in [9.17, 15) is 24.6 Å². The molecular formula is C20H29N5O5. The monoisotopic (exact) mass is 419 g/mol. The van der Waals surface area contributed by atoms with Crippen LogP contribution in [0.2, 0.25) is 0 Å². The van der Waals surface area contributed by atoms with Gasteiger partial charge in [0.25, 0.3) is 0 Å². The minimum atomic E-state index is -1.30. The van der Waals surface area contributed by atoms with E-state index in [2.05, 4.69) is 15.6 Å². The zero-order chi connectivity index (χ0) is 22.1. The SMILES string of the molecule is NCCCC[C@H](N)C(=O)N[C@@H](CO)C(=O)N[C@@H](Cc1c[nH]c2ccccc12)C(=O)O. The number of carboxylic acid groups (broad SMARTS) is 1. The first-order chi connectivity index (χ1) is 14.4. The van der Waals surface area contributed by atoms with Gasteiger partial charge < -0.3 is 37.3 Å². The van der Waals surface area contributed by atoms with Gasteiger partial charge in [-0.2, -0.15) is 0 Å². The molecule has 2 rings (SSSR count). The zero-order valence-corrected chi connectivity index (χ0v) is 16.6. The number of aliphatic carboxylic acids is 1. The molecule has 1 aromatic heterocycles. The number of nitrogens with one attached hydrogen (secondary N) is 3. The van der Waals surface area contributed by atoms with Crippen LogP contribution in [0.15, 0.2) is 30.5 Å². The Morgan fingerprint density at radius 2 is 1.77 bits per heavy atom. The van der Waals surface area contributed by atoms with Gasteiger partial charge in [0.15, 0.2) is 0 Å². The minimum absolute atomic E-state index is 0.0375. The van der Waals surface area contributed by atoms with Crippen LogP contribution >= 0.6 is 0 Å². The zero-order valence-electron chi connectivity index (χ0n) is 16.6. The highest BCUT2D eigenvalue weighted by Crippen LogP contribution is 2.19. The number of carboxylic acids is 1. The predicted molar refractivity (Wildman–Crippen MR) is 111 cm³/mol. The van der Waals surface area contributed by atoms with Crippen LogP contribution in [0.3, 0.4) is 0 Å². The highest BCUT2D eigenvalue weighted by molar-refractivity contribution is 5.92. The van der Waals surface area contributed by atoms with E-state index in [-0.39, 0.29) is 6.42 Å². The molecule has 0 aliphatic rings. The van der Waals surface area contributed by atoms with Gasteiger partial charge >= 0.3 is 5.97 Å². The standard InChI is InChI=1S/C20H29N5O5/c21-8-4-3-6-14(22)18(27)25-17(11-26)19(28)24-16(20(29)30)9-12-10-23-15-7-2-1-5-13(12)15/h1-2,5,7,10,14,16-17,23,26H,3-4,6,8-9,11,21-22H2,(H,24,28)(H,25,27)(H,29,30)/t14-,16-,17-/m0/s1. The van der Waals surface area contributed by atoms with Crippen LogP contribution in [-0.2, 0) is 20.8 Å². The number of unbranched alkanes of at least 4 members (excludes halogenated alkanes) is 1. The second-order valence-corrected chi connectivity index (χ2v) is 7.10. The van der Waals surface area contributed by atoms with Crippen molar-refractivity contribution in [3.63, 3.8) is 0 Å². The number of aliphatic hydroxyl groups is 1. The number of aromatic nitrogens is 1. The van der Waals surface area contributed by atoms with Crippen molar-refractivity contribution in [2.24, 2.45) is 11.5 Å². The third kappa shape index (κ3) is 6.28. The summed E-state index contributed by atoms with van der Waals surface area (Å²) in [5.41, 5.74) is 12.8. The quantitative estimate of drug-likeness (QED) is 0.220. The number of nitrogens with two attached hydrogens (primary N) is 2. The number of benzene rings is 1. The predicted octanol–water partition coefficient (Wildman–Crippen LogP) is -0.787. The largest absolute Gasteiger partial charge is 0.480 e. The third-order valence-electron chi connectivity index (χ3n) is 4.84. The number of amides is 2. The molecular weight excluding hydrogens is 390 g/mol. The first-order valence-electron chi connectivity index (χ1n) is 9.82. The number of para-hydroxylation sites is 1. The molecule has 2 amide bonds. The lowest BCUT2D eigenvalue weighted by Crippen LogP contribution is -2.56. The summed E-state index contributed by atoms with van der Waals surface area (Å²) in [6.07, 6.45) is 3.50. The van der Waals surface area contributed by atoms with Gasteiger partial charge in [-0.3, -0.25) is 9.59 Å². The van der Waals surface area contributed by atoms with Gasteiger partial charge in [0.05, 0.1) is 12.6 Å². The molecule has 10 heteroatoms. The lowest BCUT2D eigenvalue weighted by atomic mass is 10.0. The first kappa shape index (κ1) is 23.3. The molecule has 3 atom stereocenters. The Morgan fingerprint density at radius 3 is 2.43 bits per heavy atom. The minimum Gasteiger partial charge on any atom is -0.480 e. The molecule has 0 bridgehead atoms. The topological polar surface area (TPSA) is 184 Å². The van der Waals surface area contributed by atoms with Gasteiger partial charge in [-0.25, -0.2) is 4.79 Å². The second-order valence-electron chi connectivity index (χ2n) is 7.10. The molecule has 9 N–H and O–H groups in total. The molecule has 1 aromatic carbocycles. The van der Waals surface area contributed by atoms with Gasteiger partial charge in [0.1, 0.15) is 12.1 Å². The van der Waals surface area contributed by atoms with Crippen molar-refractivity contribution in [2.75, 3.05) is 13.2 Å². The summed E-state index contributed by atoms with van der Waals surface area (Å²) in [5.74, 6) is -2.62. The summed E-state index contributed by atoms with van der Waals surface area (Å²) in [7, 11) is 0. The molecule has 10 nitrogen and oxygen atoms in total. The number of aliphatic hydroxyl groups excluding tert-OH is 1. The van der Waals surface area contributed by atoms with Gasteiger partial charge in [-0.05, 0) is 31.0 Å². The number of carbonyl (C=O) groups is 3. The Balaban J connectivity index is 2.00. The van der Waals surface area contributed by atoms with E-state index in [1.165, 1.54) is 0 Å². The van der Waals surface area contributed by atoms with Gasteiger partial charge in [-0.1, -0.05) is 24.6 Å². The molecule has 0 saturated heterocycles. The highest BCUT2D eigenvalue weighted by Gasteiger charge is 2.28. The second kappa shape index (κ2) is 11.3. The average Bonchev–Trinajstić information content (AvgIpc) is 3.14. The molecule has 164 valence electrons. The molecule has 0 saturated carbocycles. The molecule has 0 radical (unpaired) electrons. The van der Waals surface area contributed by atoms with Crippen molar-refractivity contribution in [1.82, 2.24) is 15.6 Å². The maximum atomic E-state index is 12.5. The summed E-state index contributed by atoms with van der Waals surface area (Å²) in [5, 5.41) is 24.6. The van der Waals surface area contributed by atoms with Crippen molar-refractivity contribution in [1.29, 1.82) is 0 Å². The number of hydrogen-bond donors (Lipinski definition) is 7. The lowest BCUT2D eigenvalue weighted by Gasteiger charge is -2.21. The van der Waals surface area contributed by atoms with Crippen LogP contribution in [-0.4, -0.2) is 64.3 Å². The van der Waals surface area contributed by atoms with Crippen molar-refractivity contribution < 1.29 is 24.6 Å². The van der Waals surface area contributed by atoms with E-state index >= 15 is 0 Å². The first-order valence-corrected chi connectivity index (χ1v) is 9.82. The van der Waals surface area contributed by atoms with Crippen LogP contribution in [0.5, 0.6) is 0 Å². The van der Waals surface area contributed by atoms with Crippen molar-refractivity contribution >= 4 is 28.7 Å². The maximum absolute atomic E-state index is 12.5. The summed E-state index contributed by atoms with van der Waals surface area (Å²) < 4.78 is 0. The smallest absolute Gasteiger partial charge is 0.326 e. The average molecular weight is 419 g/mol. The molecule has 1 heterocycles. The number of H-pyrrole nitrogens is 1. The molecule has 30 heavy (non-hydrogen) atoms. The number of hydrogen-bond acceptors (Lipinski definition) is 6. The molecule has 2 aromatic rings. The normalized spacial score (nSPS) is 14.1. The molecule has 0 unspecified atom stereocenters. The fraction of sp³-hybridized carbons (Fsp3) is 0.450. The summed E-state index contributed by atoms with van der Waals surface area (Å²) in [6, 6.07) is 4.02. The molecule has 0 aliphatic heterocycles. The Morgan fingerprint density at radius 1 is 1.07 bits per heavy atom. The highest BCUT2D eigenvalue weighted by atomic mass is 16.4. The van der Waals surface area contributed by atoms with Gasteiger partial charge in [0, 0.05) is 23.5 Å². The summed E-state index contributed by atoms with van der Waals surface area (Å²) >= 11 is 0. The fourth-order valence-corrected chi connectivity index (χ4v) is 3.11. The summed E-state index contributed by atoms with van der Waals surface area (Å²) in [4.78, 5) is 39.4. The van der Waals surface area contributed by atoms with Crippen LogP contribution in [0, 0.1) is 0 Å². The van der Waals surface area contributed by atoms with Crippen molar-refractivity contribution in [2.45, 2.75) is 43.8 Å². The lowest BCUT2D eigenvalue weighted by molar-refractivity contribution is -0.142. The Hall–Kier alpha value is -2.95. The maximum Gasteiger partial charge on any atom is 0.326 e. The van der Waals surface area contributed by atoms with E-state index in [0.717, 1.165) is 22.9 Å². The van der Waals surface area contributed by atoms with E-state index in [0.29, 0.717) is 19.4 Å². The Labute approximate surface area is 174 Å². The van der Waals surface area contributed by atoms with Crippen molar-refractivity contribution in [3.8, 4) is 0 Å². The van der Waals surface area contributed by atoms with E-state index in [1.807, 2.05) is 24.3 Å². The van der Waals surface area contributed by atoms with Crippen LogP contribution in [0.1, 0.15) is 24.8 Å². The Bertz CT molecular complexity index is 868. The molecule has 0 spiro atoms. The van der Waals surface area contributed by atoms with Crippen LogP contribution in [0.25, 0.3) is 10.9 Å². The third-order valence-corrected chi connectivity index (χ3v) is 4.84. The number of carbonyl (C=O) groups excluding carboxylic acids is 2. The molecule has 0 aliphatic carbocycles. The van der Waals surface area contributed by atoms with Crippen LogP contribution in [0.4, 0.5) is 0 Å². The Kier molecular flexibility index (Phi) is 8.78. The summed E-state index contributed by atoms with van der Waals surface area (Å²) in [6.45, 7) is -0.199. The van der Waals surface area contributed by atoms with Crippen molar-refractivity contribution in [3.05, 3.63) is 36.0 Å². The van der Waals surface area contributed by atoms with E-state index in [4.69, 9.17) is 11.5 Å². The molecule has 0 fully saturated rings. The number of aromatic amines is 1. The number of rotatable bonds is 12. The van der Waals surface area contributed by atoms with Gasteiger partial charge in [0.2, 0.25) is 11.8 Å². The van der Waals surface area contributed by atoms with Gasteiger partial charge in [-0.15, -0.1) is 0 Å². The number of fused-ring (bicyclic) bond motifs is 1. The van der Waals surface area contributed by atoms with E-state index in [1.54, 1.807) is 6.20 Å². The van der Waals surface area contributed by atoms with Crippen LogP contribution < -0.4 is 22.1 Å².